The van der Waals surface area contributed by atoms with Crippen LogP contribution in [0.25, 0.3) is 0 Å². The lowest BCUT2D eigenvalue weighted by Crippen LogP contribution is -2.24. The molecule has 3 aromatic rings. The first-order chi connectivity index (χ1) is 11.6. The van der Waals surface area contributed by atoms with Crippen LogP contribution in [-0.4, -0.2) is 10.9 Å². The van der Waals surface area contributed by atoms with Gasteiger partial charge in [-0.05, 0) is 36.8 Å². The Morgan fingerprint density at radius 1 is 1.21 bits per heavy atom. The summed E-state index contributed by atoms with van der Waals surface area (Å²) in [5.74, 6) is -0.268. The van der Waals surface area contributed by atoms with Crippen LogP contribution in [0.1, 0.15) is 26.0 Å². The minimum atomic E-state index is -0.240. The summed E-state index contributed by atoms with van der Waals surface area (Å²) in [6, 6.07) is 10.5. The Labute approximate surface area is 148 Å². The number of aromatic nitrogens is 1. The van der Waals surface area contributed by atoms with Gasteiger partial charge in [-0.3, -0.25) is 4.79 Å². The molecule has 3 rings (SSSR count). The van der Waals surface area contributed by atoms with Gasteiger partial charge in [-0.15, -0.1) is 22.7 Å². The van der Waals surface area contributed by atoms with E-state index in [9.17, 15) is 9.18 Å². The number of carbonyl (C=O) groups is 1. The molecule has 0 unspecified atom stereocenters. The number of hydrogen-bond acceptors (Lipinski definition) is 4. The van der Waals surface area contributed by atoms with Gasteiger partial charge in [-0.25, -0.2) is 9.37 Å². The van der Waals surface area contributed by atoms with Crippen molar-refractivity contribution in [3.63, 3.8) is 0 Å². The van der Waals surface area contributed by atoms with Crippen molar-refractivity contribution >= 4 is 28.6 Å². The standard InChI is InChI=1S/C18H17FN2OS2/c1-12-2-7-16(24-12)10-20-17(22)9-15-11-23-18(21-15)8-13-3-5-14(19)6-4-13/h2-7,11H,8-10H2,1H3,(H,20,22). The number of halogens is 1. The molecule has 0 radical (unpaired) electrons. The average Bonchev–Trinajstić information content (AvgIpc) is 3.17. The van der Waals surface area contributed by atoms with Crippen LogP contribution in [-0.2, 0) is 24.2 Å². The quantitative estimate of drug-likeness (QED) is 0.719. The number of amides is 1. The van der Waals surface area contributed by atoms with Crippen LogP contribution in [0.2, 0.25) is 0 Å². The fourth-order valence-corrected chi connectivity index (χ4v) is 3.94. The van der Waals surface area contributed by atoms with Gasteiger partial charge in [0.1, 0.15) is 5.82 Å². The van der Waals surface area contributed by atoms with Gasteiger partial charge in [0, 0.05) is 21.6 Å². The number of nitrogens with zero attached hydrogens (tertiary/aromatic N) is 1. The van der Waals surface area contributed by atoms with Gasteiger partial charge >= 0.3 is 0 Å². The van der Waals surface area contributed by atoms with Crippen molar-refractivity contribution in [3.8, 4) is 0 Å². The molecule has 1 N–H and O–H groups in total. The highest BCUT2D eigenvalue weighted by Gasteiger charge is 2.09. The molecule has 0 aliphatic rings. The fraction of sp³-hybridized carbons (Fsp3) is 0.222. The highest BCUT2D eigenvalue weighted by atomic mass is 32.1. The molecular formula is C18H17FN2OS2. The number of rotatable bonds is 6. The van der Waals surface area contributed by atoms with Crippen molar-refractivity contribution in [1.82, 2.24) is 10.3 Å². The van der Waals surface area contributed by atoms with Crippen LogP contribution in [0.15, 0.2) is 41.8 Å². The summed E-state index contributed by atoms with van der Waals surface area (Å²) in [7, 11) is 0. The summed E-state index contributed by atoms with van der Waals surface area (Å²) < 4.78 is 12.9. The van der Waals surface area contributed by atoms with Crippen molar-refractivity contribution < 1.29 is 9.18 Å². The zero-order valence-corrected chi connectivity index (χ0v) is 14.8. The molecule has 24 heavy (non-hydrogen) atoms. The minimum Gasteiger partial charge on any atom is -0.351 e. The van der Waals surface area contributed by atoms with Crippen molar-refractivity contribution in [3.05, 3.63) is 73.6 Å². The summed E-state index contributed by atoms with van der Waals surface area (Å²) in [4.78, 5) is 18.9. The van der Waals surface area contributed by atoms with Crippen LogP contribution in [0, 0.1) is 12.7 Å². The van der Waals surface area contributed by atoms with Crippen LogP contribution in [0.4, 0.5) is 4.39 Å². The van der Waals surface area contributed by atoms with Crippen molar-refractivity contribution in [2.75, 3.05) is 0 Å². The predicted octanol–water partition coefficient (Wildman–Crippen LogP) is 4.10. The Kier molecular flexibility index (Phi) is 5.37. The van der Waals surface area contributed by atoms with E-state index in [2.05, 4.69) is 10.3 Å². The van der Waals surface area contributed by atoms with Gasteiger partial charge in [0.25, 0.3) is 0 Å². The van der Waals surface area contributed by atoms with E-state index in [1.54, 1.807) is 23.5 Å². The van der Waals surface area contributed by atoms with E-state index in [4.69, 9.17) is 0 Å². The Morgan fingerprint density at radius 3 is 2.71 bits per heavy atom. The SMILES string of the molecule is Cc1ccc(CNC(=O)Cc2csc(Cc3ccc(F)cc3)n2)s1. The lowest BCUT2D eigenvalue weighted by Gasteiger charge is -2.02. The zero-order valence-electron chi connectivity index (χ0n) is 13.2. The Hall–Kier alpha value is -2.05. The molecule has 124 valence electrons. The first-order valence-corrected chi connectivity index (χ1v) is 9.28. The molecule has 3 nitrogen and oxygen atoms in total. The topological polar surface area (TPSA) is 42.0 Å². The molecule has 2 aromatic heterocycles. The Morgan fingerprint density at radius 2 is 2.00 bits per heavy atom. The molecule has 0 saturated heterocycles. The van der Waals surface area contributed by atoms with Crippen molar-refractivity contribution in [2.24, 2.45) is 0 Å². The molecule has 0 atom stereocenters. The smallest absolute Gasteiger partial charge is 0.226 e. The second-order valence-electron chi connectivity index (χ2n) is 5.50. The van der Waals surface area contributed by atoms with E-state index >= 15 is 0 Å². The van der Waals surface area contributed by atoms with Gasteiger partial charge in [0.2, 0.25) is 5.91 Å². The number of aryl methyl sites for hydroxylation is 1. The molecule has 0 saturated carbocycles. The van der Waals surface area contributed by atoms with Crippen molar-refractivity contribution in [2.45, 2.75) is 26.3 Å². The maximum atomic E-state index is 12.9. The lowest BCUT2D eigenvalue weighted by atomic mass is 10.1. The molecular weight excluding hydrogens is 343 g/mol. The van der Waals surface area contributed by atoms with E-state index in [0.29, 0.717) is 13.0 Å². The lowest BCUT2D eigenvalue weighted by molar-refractivity contribution is -0.120. The normalized spacial score (nSPS) is 10.8. The van der Waals surface area contributed by atoms with Crippen LogP contribution >= 0.6 is 22.7 Å². The largest absolute Gasteiger partial charge is 0.351 e. The monoisotopic (exact) mass is 360 g/mol. The molecule has 0 aliphatic carbocycles. The van der Waals surface area contributed by atoms with Gasteiger partial charge in [0.05, 0.1) is 23.7 Å². The number of hydrogen-bond donors (Lipinski definition) is 1. The van der Waals surface area contributed by atoms with Gasteiger partial charge in [-0.2, -0.15) is 0 Å². The molecule has 1 amide bonds. The van der Waals surface area contributed by atoms with E-state index in [1.807, 2.05) is 24.4 Å². The van der Waals surface area contributed by atoms with E-state index in [-0.39, 0.29) is 18.1 Å². The molecule has 0 spiro atoms. The maximum Gasteiger partial charge on any atom is 0.226 e. The van der Waals surface area contributed by atoms with E-state index in [0.717, 1.165) is 21.1 Å². The van der Waals surface area contributed by atoms with Gasteiger partial charge < -0.3 is 5.32 Å². The summed E-state index contributed by atoms with van der Waals surface area (Å²) in [6.07, 6.45) is 0.936. The molecule has 1 aromatic carbocycles. The van der Waals surface area contributed by atoms with Crippen molar-refractivity contribution in [1.29, 1.82) is 0 Å². The minimum absolute atomic E-state index is 0.0281. The van der Waals surface area contributed by atoms with Crippen LogP contribution < -0.4 is 5.32 Å². The molecule has 0 fully saturated rings. The number of thiophene rings is 1. The third kappa shape index (κ3) is 4.72. The summed E-state index contributed by atoms with van der Waals surface area (Å²) in [6.45, 7) is 2.61. The molecule has 0 aliphatic heterocycles. The maximum absolute atomic E-state index is 12.9. The number of thiazole rings is 1. The fourth-order valence-electron chi connectivity index (χ4n) is 2.28. The summed E-state index contributed by atoms with van der Waals surface area (Å²) in [5.41, 5.74) is 1.78. The highest BCUT2D eigenvalue weighted by molar-refractivity contribution is 7.11. The average molecular weight is 360 g/mol. The predicted molar refractivity (Wildman–Crippen MR) is 95.9 cm³/mol. The van der Waals surface area contributed by atoms with E-state index < -0.39 is 0 Å². The zero-order chi connectivity index (χ0) is 16.9. The number of nitrogens with one attached hydrogen (secondary N) is 1. The second-order valence-corrected chi connectivity index (χ2v) is 7.82. The second kappa shape index (κ2) is 7.68. The van der Waals surface area contributed by atoms with Gasteiger partial charge in [-0.1, -0.05) is 12.1 Å². The van der Waals surface area contributed by atoms with Crippen LogP contribution in [0.5, 0.6) is 0 Å². The number of carbonyl (C=O) groups excluding carboxylic acids is 1. The first kappa shape index (κ1) is 16.8. The first-order valence-electron chi connectivity index (χ1n) is 7.58. The van der Waals surface area contributed by atoms with Gasteiger partial charge in [0.15, 0.2) is 0 Å². The van der Waals surface area contributed by atoms with E-state index in [1.165, 1.54) is 28.3 Å². The Balaban J connectivity index is 1.51. The molecule has 6 heteroatoms. The van der Waals surface area contributed by atoms with Crippen LogP contribution in [0.3, 0.4) is 0 Å². The molecule has 0 bridgehead atoms. The number of benzene rings is 1. The summed E-state index contributed by atoms with van der Waals surface area (Å²) >= 11 is 3.21. The third-order valence-corrected chi connectivity index (χ3v) is 5.36. The highest BCUT2D eigenvalue weighted by Crippen LogP contribution is 2.16. The third-order valence-electron chi connectivity index (χ3n) is 3.47. The Bertz CT molecular complexity index is 824. The molecule has 2 heterocycles. The summed E-state index contributed by atoms with van der Waals surface area (Å²) in [5, 5.41) is 5.76.